The number of nitro groups is 1. The van der Waals surface area contributed by atoms with Gasteiger partial charge in [0.05, 0.1) is 16.0 Å². The average molecular weight is 296 g/mol. The third-order valence-corrected chi connectivity index (χ3v) is 2.59. The Morgan fingerprint density at radius 3 is 2.70 bits per heavy atom. The average Bonchev–Trinajstić information content (AvgIpc) is 2.41. The number of aromatic nitrogens is 1. The highest BCUT2D eigenvalue weighted by atomic mass is 35.5. The lowest BCUT2D eigenvalue weighted by Gasteiger charge is -2.05. The largest absolute Gasteiger partial charge is 0.306 e. The number of halogens is 2. The number of carbonyl (C=O) groups excluding carboxylic acids is 1. The molecule has 0 radical (unpaired) electrons. The summed E-state index contributed by atoms with van der Waals surface area (Å²) in [5, 5.41) is 13.6. The van der Waals surface area contributed by atoms with Crippen molar-refractivity contribution in [2.24, 2.45) is 0 Å². The first-order chi connectivity index (χ1) is 9.47. The van der Waals surface area contributed by atoms with E-state index in [1.807, 2.05) is 0 Å². The first-order valence-corrected chi connectivity index (χ1v) is 5.72. The SMILES string of the molecule is O=C(Nc1ccc(Cl)cn1)c1ccc(F)cc1[N+](=O)[O-]. The van der Waals surface area contributed by atoms with E-state index in [-0.39, 0.29) is 11.4 Å². The minimum atomic E-state index is -0.826. The first-order valence-electron chi connectivity index (χ1n) is 5.34. The maximum absolute atomic E-state index is 13.0. The van der Waals surface area contributed by atoms with E-state index in [2.05, 4.69) is 10.3 Å². The van der Waals surface area contributed by atoms with Gasteiger partial charge in [0.15, 0.2) is 0 Å². The van der Waals surface area contributed by atoms with Gasteiger partial charge in [0.1, 0.15) is 17.2 Å². The van der Waals surface area contributed by atoms with Crippen LogP contribution in [0.2, 0.25) is 5.02 Å². The second-order valence-electron chi connectivity index (χ2n) is 3.73. The Labute approximate surface area is 117 Å². The predicted octanol–water partition coefficient (Wildman–Crippen LogP) is 3.03. The van der Waals surface area contributed by atoms with Crippen molar-refractivity contribution in [3.05, 3.63) is 63.0 Å². The van der Waals surface area contributed by atoms with Crippen LogP contribution in [-0.2, 0) is 0 Å². The van der Waals surface area contributed by atoms with Crippen molar-refractivity contribution in [2.75, 3.05) is 5.32 Å². The standard InChI is InChI=1S/C12H7ClFN3O3/c13-7-1-4-11(15-6-7)16-12(18)9-3-2-8(14)5-10(9)17(19)20/h1-6H,(H,15,16,18). The summed E-state index contributed by atoms with van der Waals surface area (Å²) < 4.78 is 13.0. The summed E-state index contributed by atoms with van der Waals surface area (Å²) in [7, 11) is 0. The summed E-state index contributed by atoms with van der Waals surface area (Å²) in [5.74, 6) is -1.37. The molecule has 0 saturated carbocycles. The Hall–Kier alpha value is -2.54. The highest BCUT2D eigenvalue weighted by molar-refractivity contribution is 6.30. The Bertz CT molecular complexity index is 676. The molecule has 1 N–H and O–H groups in total. The smallest absolute Gasteiger partial charge is 0.285 e. The number of nitro benzene ring substituents is 1. The Morgan fingerprint density at radius 1 is 1.35 bits per heavy atom. The van der Waals surface area contributed by atoms with Gasteiger partial charge < -0.3 is 5.32 Å². The van der Waals surface area contributed by atoms with E-state index in [1.165, 1.54) is 18.3 Å². The minimum absolute atomic E-state index is 0.179. The van der Waals surface area contributed by atoms with Crippen LogP contribution in [0.4, 0.5) is 15.9 Å². The van der Waals surface area contributed by atoms with Gasteiger partial charge in [0, 0.05) is 6.20 Å². The molecular weight excluding hydrogens is 289 g/mol. The highest BCUT2D eigenvalue weighted by Gasteiger charge is 2.21. The second kappa shape index (κ2) is 5.62. The van der Waals surface area contributed by atoms with Crippen LogP contribution in [0.1, 0.15) is 10.4 Å². The highest BCUT2D eigenvalue weighted by Crippen LogP contribution is 2.21. The van der Waals surface area contributed by atoms with E-state index in [4.69, 9.17) is 11.6 Å². The molecule has 0 bridgehead atoms. The number of nitrogens with one attached hydrogen (secondary N) is 1. The van der Waals surface area contributed by atoms with Crippen molar-refractivity contribution >= 4 is 29.0 Å². The summed E-state index contributed by atoms with van der Waals surface area (Å²) in [6, 6.07) is 5.64. The molecule has 0 unspecified atom stereocenters. The van der Waals surface area contributed by atoms with Crippen LogP contribution in [0.5, 0.6) is 0 Å². The van der Waals surface area contributed by atoms with Crippen LogP contribution < -0.4 is 5.32 Å². The number of pyridine rings is 1. The Morgan fingerprint density at radius 2 is 2.10 bits per heavy atom. The molecule has 1 heterocycles. The van der Waals surface area contributed by atoms with E-state index >= 15 is 0 Å². The molecule has 0 atom stereocenters. The molecule has 0 aliphatic rings. The van der Waals surface area contributed by atoms with Crippen molar-refractivity contribution in [3.63, 3.8) is 0 Å². The number of hydrogen-bond acceptors (Lipinski definition) is 4. The molecule has 2 rings (SSSR count). The van der Waals surface area contributed by atoms with Crippen LogP contribution >= 0.6 is 11.6 Å². The molecule has 1 aromatic heterocycles. The number of hydrogen-bond donors (Lipinski definition) is 1. The molecule has 1 aromatic carbocycles. The molecule has 8 heteroatoms. The lowest BCUT2D eigenvalue weighted by molar-refractivity contribution is -0.385. The molecule has 0 saturated heterocycles. The zero-order valence-corrected chi connectivity index (χ0v) is 10.6. The zero-order chi connectivity index (χ0) is 14.7. The van der Waals surface area contributed by atoms with Crippen LogP contribution in [0, 0.1) is 15.9 Å². The number of carbonyl (C=O) groups is 1. The van der Waals surface area contributed by atoms with Crippen molar-refractivity contribution in [1.82, 2.24) is 4.98 Å². The van der Waals surface area contributed by atoms with Crippen molar-refractivity contribution in [2.45, 2.75) is 0 Å². The van der Waals surface area contributed by atoms with Gasteiger partial charge in [0.2, 0.25) is 0 Å². The van der Waals surface area contributed by atoms with Gasteiger partial charge in [-0.2, -0.15) is 0 Å². The van der Waals surface area contributed by atoms with Gasteiger partial charge in [-0.05, 0) is 24.3 Å². The lowest BCUT2D eigenvalue weighted by Crippen LogP contribution is -2.14. The molecule has 0 aliphatic carbocycles. The van der Waals surface area contributed by atoms with Gasteiger partial charge in [-0.15, -0.1) is 0 Å². The van der Waals surface area contributed by atoms with Crippen LogP contribution in [0.25, 0.3) is 0 Å². The quantitative estimate of drug-likeness (QED) is 0.696. The van der Waals surface area contributed by atoms with Crippen molar-refractivity contribution in [1.29, 1.82) is 0 Å². The summed E-state index contributed by atoms with van der Waals surface area (Å²) >= 11 is 5.64. The van der Waals surface area contributed by atoms with E-state index in [0.717, 1.165) is 12.1 Å². The van der Waals surface area contributed by atoms with Gasteiger partial charge in [0.25, 0.3) is 11.6 Å². The molecule has 2 aromatic rings. The van der Waals surface area contributed by atoms with Gasteiger partial charge in [-0.25, -0.2) is 9.37 Å². The minimum Gasteiger partial charge on any atom is -0.306 e. The normalized spacial score (nSPS) is 10.1. The third-order valence-electron chi connectivity index (χ3n) is 2.37. The zero-order valence-electron chi connectivity index (χ0n) is 9.84. The molecular formula is C12H7ClFN3O3. The summed E-state index contributed by atoms with van der Waals surface area (Å²) in [6.45, 7) is 0. The van der Waals surface area contributed by atoms with E-state index in [1.54, 1.807) is 0 Å². The number of nitrogens with zero attached hydrogens (tertiary/aromatic N) is 2. The number of amides is 1. The fraction of sp³-hybridized carbons (Fsp3) is 0. The molecule has 20 heavy (non-hydrogen) atoms. The van der Waals surface area contributed by atoms with Crippen LogP contribution in [0.15, 0.2) is 36.5 Å². The van der Waals surface area contributed by atoms with Crippen LogP contribution in [0.3, 0.4) is 0 Å². The maximum atomic E-state index is 13.0. The maximum Gasteiger partial charge on any atom is 0.285 e. The number of anilines is 1. The molecule has 6 nitrogen and oxygen atoms in total. The van der Waals surface area contributed by atoms with Crippen LogP contribution in [-0.4, -0.2) is 15.8 Å². The van der Waals surface area contributed by atoms with Gasteiger partial charge in [-0.1, -0.05) is 11.6 Å². The van der Waals surface area contributed by atoms with E-state index in [9.17, 15) is 19.3 Å². The molecule has 1 amide bonds. The fourth-order valence-electron chi connectivity index (χ4n) is 1.48. The lowest BCUT2D eigenvalue weighted by atomic mass is 10.1. The fourth-order valence-corrected chi connectivity index (χ4v) is 1.59. The third kappa shape index (κ3) is 3.07. The predicted molar refractivity (Wildman–Crippen MR) is 70.3 cm³/mol. The Balaban J connectivity index is 2.29. The summed E-state index contributed by atoms with van der Waals surface area (Å²) in [5.41, 5.74) is -0.871. The topological polar surface area (TPSA) is 85.1 Å². The molecule has 0 spiro atoms. The molecule has 102 valence electrons. The second-order valence-corrected chi connectivity index (χ2v) is 4.17. The summed E-state index contributed by atoms with van der Waals surface area (Å²) in [6.07, 6.45) is 1.32. The summed E-state index contributed by atoms with van der Waals surface area (Å²) in [4.78, 5) is 25.7. The first kappa shape index (κ1) is 13.9. The van der Waals surface area contributed by atoms with E-state index < -0.39 is 22.3 Å². The monoisotopic (exact) mass is 295 g/mol. The van der Waals surface area contributed by atoms with E-state index in [0.29, 0.717) is 11.1 Å². The molecule has 0 fully saturated rings. The van der Waals surface area contributed by atoms with Gasteiger partial charge >= 0.3 is 0 Å². The van der Waals surface area contributed by atoms with Gasteiger partial charge in [-0.3, -0.25) is 14.9 Å². The molecule has 0 aliphatic heterocycles. The Kier molecular flexibility index (Phi) is 3.90. The van der Waals surface area contributed by atoms with Crippen molar-refractivity contribution < 1.29 is 14.1 Å². The van der Waals surface area contributed by atoms with Crippen molar-refractivity contribution in [3.8, 4) is 0 Å². The number of benzene rings is 1. The number of rotatable bonds is 3.